The molecule has 0 amide bonds. The van der Waals surface area contributed by atoms with Crippen LogP contribution in [0, 0.1) is 5.92 Å². The van der Waals surface area contributed by atoms with Gasteiger partial charge in [-0.15, -0.1) is 11.3 Å². The van der Waals surface area contributed by atoms with Crippen LogP contribution in [0.2, 0.25) is 4.34 Å². The van der Waals surface area contributed by atoms with Gasteiger partial charge in [0.05, 0.1) is 4.34 Å². The molecule has 0 aromatic carbocycles. The topological polar surface area (TPSA) is 15.3 Å². The van der Waals surface area contributed by atoms with Gasteiger partial charge in [-0.3, -0.25) is 0 Å². The summed E-state index contributed by atoms with van der Waals surface area (Å²) in [5.74, 6) is 0.650. The third-order valence-electron chi connectivity index (χ3n) is 3.09. The average molecular weight is 275 g/mol. The maximum absolute atomic E-state index is 5.95. The molecule has 1 aromatic rings. The lowest BCUT2D eigenvalue weighted by molar-refractivity contribution is 0.220. The second kappa shape index (κ2) is 6.74. The van der Waals surface area contributed by atoms with Gasteiger partial charge in [-0.25, -0.2) is 0 Å². The van der Waals surface area contributed by atoms with Crippen LogP contribution >= 0.6 is 22.9 Å². The minimum Gasteiger partial charge on any atom is -0.308 e. The molecule has 2 atom stereocenters. The fourth-order valence-corrected chi connectivity index (χ4v) is 3.06. The summed E-state index contributed by atoms with van der Waals surface area (Å²) in [5, 5.41) is 3.59. The van der Waals surface area contributed by atoms with Gasteiger partial charge in [-0.2, -0.15) is 0 Å². The average Bonchev–Trinajstić information content (AvgIpc) is 2.63. The van der Waals surface area contributed by atoms with E-state index in [-0.39, 0.29) is 0 Å². The minimum atomic E-state index is 0.369. The zero-order valence-electron chi connectivity index (χ0n) is 11.3. The Morgan fingerprint density at radius 3 is 2.35 bits per heavy atom. The molecule has 0 fully saturated rings. The van der Waals surface area contributed by atoms with Gasteiger partial charge in [0.15, 0.2) is 0 Å². The second-order valence-electron chi connectivity index (χ2n) is 5.05. The van der Waals surface area contributed by atoms with E-state index in [1.807, 2.05) is 6.07 Å². The molecule has 0 saturated carbocycles. The molecule has 2 unspecified atom stereocenters. The Balaban J connectivity index is 2.49. The number of hydrogen-bond acceptors (Lipinski definition) is 3. The summed E-state index contributed by atoms with van der Waals surface area (Å²) < 4.78 is 0.863. The van der Waals surface area contributed by atoms with Crippen molar-refractivity contribution in [1.82, 2.24) is 10.2 Å². The van der Waals surface area contributed by atoms with Crippen molar-refractivity contribution in [3.05, 3.63) is 21.3 Å². The third kappa shape index (κ3) is 4.59. The van der Waals surface area contributed by atoms with E-state index in [9.17, 15) is 0 Å². The highest BCUT2D eigenvalue weighted by molar-refractivity contribution is 7.16. The smallest absolute Gasteiger partial charge is 0.0931 e. The van der Waals surface area contributed by atoms with Crippen LogP contribution in [-0.4, -0.2) is 31.6 Å². The predicted octanol–water partition coefficient (Wildman–Crippen LogP) is 3.64. The van der Waals surface area contributed by atoms with E-state index in [0.717, 1.165) is 10.9 Å². The molecule has 1 heterocycles. The lowest BCUT2D eigenvalue weighted by Gasteiger charge is -2.29. The van der Waals surface area contributed by atoms with Crippen molar-refractivity contribution in [2.24, 2.45) is 5.92 Å². The molecule has 0 spiro atoms. The van der Waals surface area contributed by atoms with Crippen LogP contribution in [0.5, 0.6) is 0 Å². The Morgan fingerprint density at radius 2 is 1.94 bits per heavy atom. The van der Waals surface area contributed by atoms with E-state index in [2.05, 4.69) is 51.1 Å². The number of thiophene rings is 1. The molecule has 0 aliphatic carbocycles. The normalized spacial score (nSPS) is 15.5. The van der Waals surface area contributed by atoms with Crippen LogP contribution in [0.25, 0.3) is 0 Å². The summed E-state index contributed by atoms with van der Waals surface area (Å²) in [6, 6.07) is 5.00. The van der Waals surface area contributed by atoms with E-state index in [1.54, 1.807) is 11.3 Å². The Labute approximate surface area is 114 Å². The molecular weight excluding hydrogens is 252 g/mol. The zero-order valence-corrected chi connectivity index (χ0v) is 12.9. The summed E-state index contributed by atoms with van der Waals surface area (Å²) >= 11 is 7.60. The van der Waals surface area contributed by atoms with Gasteiger partial charge in [0, 0.05) is 23.5 Å². The van der Waals surface area contributed by atoms with Gasteiger partial charge < -0.3 is 10.2 Å². The van der Waals surface area contributed by atoms with Gasteiger partial charge in [-0.05, 0) is 39.1 Å². The van der Waals surface area contributed by atoms with Crippen LogP contribution in [0.3, 0.4) is 0 Å². The van der Waals surface area contributed by atoms with Crippen molar-refractivity contribution in [2.45, 2.75) is 32.9 Å². The van der Waals surface area contributed by atoms with E-state index in [0.29, 0.717) is 18.0 Å². The first-order chi connectivity index (χ1) is 7.91. The second-order valence-corrected chi connectivity index (χ2v) is 6.79. The number of nitrogens with zero attached hydrogens (tertiary/aromatic N) is 1. The molecule has 98 valence electrons. The van der Waals surface area contributed by atoms with Gasteiger partial charge in [0.1, 0.15) is 0 Å². The molecule has 1 N–H and O–H groups in total. The SMILES string of the molecule is CC(NCC(C(C)C)N(C)C)c1ccc(Cl)s1. The molecule has 17 heavy (non-hydrogen) atoms. The van der Waals surface area contributed by atoms with Crippen molar-refractivity contribution >= 4 is 22.9 Å². The molecule has 1 aromatic heterocycles. The Bertz CT molecular complexity index is 328. The molecule has 0 saturated heterocycles. The summed E-state index contributed by atoms with van der Waals surface area (Å²) in [4.78, 5) is 3.59. The monoisotopic (exact) mass is 274 g/mol. The molecule has 0 aliphatic heterocycles. The van der Waals surface area contributed by atoms with E-state index >= 15 is 0 Å². The van der Waals surface area contributed by atoms with Crippen molar-refractivity contribution < 1.29 is 0 Å². The third-order valence-corrected chi connectivity index (χ3v) is 4.50. The van der Waals surface area contributed by atoms with Crippen LogP contribution in [0.1, 0.15) is 31.7 Å². The highest BCUT2D eigenvalue weighted by Gasteiger charge is 2.17. The lowest BCUT2D eigenvalue weighted by atomic mass is 10.0. The van der Waals surface area contributed by atoms with Crippen LogP contribution in [-0.2, 0) is 0 Å². The molecule has 0 bridgehead atoms. The molecular formula is C13H23ClN2S. The van der Waals surface area contributed by atoms with Crippen LogP contribution < -0.4 is 5.32 Å². The lowest BCUT2D eigenvalue weighted by Crippen LogP contribution is -2.42. The Morgan fingerprint density at radius 1 is 1.29 bits per heavy atom. The molecule has 1 rings (SSSR count). The standard InChI is InChI=1S/C13H23ClN2S/c1-9(2)11(16(4)5)8-15-10(3)12-6-7-13(14)17-12/h6-7,9-11,15H,8H2,1-5H3. The first-order valence-electron chi connectivity index (χ1n) is 6.07. The first kappa shape index (κ1) is 15.0. The van der Waals surface area contributed by atoms with Crippen molar-refractivity contribution in [3.63, 3.8) is 0 Å². The van der Waals surface area contributed by atoms with Crippen molar-refractivity contribution in [2.75, 3.05) is 20.6 Å². The zero-order chi connectivity index (χ0) is 13.0. The van der Waals surface area contributed by atoms with E-state index in [1.165, 1.54) is 4.88 Å². The fraction of sp³-hybridized carbons (Fsp3) is 0.692. The molecule has 0 aliphatic rings. The number of likely N-dealkylation sites (N-methyl/N-ethyl adjacent to an activating group) is 1. The summed E-state index contributed by atoms with van der Waals surface area (Å²) in [6.45, 7) is 7.72. The van der Waals surface area contributed by atoms with Crippen molar-refractivity contribution in [1.29, 1.82) is 0 Å². The minimum absolute atomic E-state index is 0.369. The molecule has 0 radical (unpaired) electrons. The number of nitrogens with one attached hydrogen (secondary N) is 1. The van der Waals surface area contributed by atoms with Gasteiger partial charge >= 0.3 is 0 Å². The van der Waals surface area contributed by atoms with E-state index in [4.69, 9.17) is 11.6 Å². The number of halogens is 1. The molecule has 4 heteroatoms. The molecule has 2 nitrogen and oxygen atoms in total. The fourth-order valence-electron chi connectivity index (χ4n) is 1.97. The largest absolute Gasteiger partial charge is 0.308 e. The van der Waals surface area contributed by atoms with Crippen LogP contribution in [0.4, 0.5) is 0 Å². The summed E-state index contributed by atoms with van der Waals surface area (Å²) in [6.07, 6.45) is 0. The quantitative estimate of drug-likeness (QED) is 0.852. The Hall–Kier alpha value is -0.0900. The summed E-state index contributed by atoms with van der Waals surface area (Å²) in [5.41, 5.74) is 0. The van der Waals surface area contributed by atoms with Gasteiger partial charge in [-0.1, -0.05) is 25.4 Å². The van der Waals surface area contributed by atoms with Gasteiger partial charge in [0.25, 0.3) is 0 Å². The number of hydrogen-bond donors (Lipinski definition) is 1. The summed E-state index contributed by atoms with van der Waals surface area (Å²) in [7, 11) is 4.28. The number of rotatable bonds is 6. The van der Waals surface area contributed by atoms with E-state index < -0.39 is 0 Å². The Kier molecular flexibility index (Phi) is 5.93. The first-order valence-corrected chi connectivity index (χ1v) is 7.26. The van der Waals surface area contributed by atoms with Crippen LogP contribution in [0.15, 0.2) is 12.1 Å². The predicted molar refractivity (Wildman–Crippen MR) is 78.1 cm³/mol. The highest BCUT2D eigenvalue weighted by atomic mass is 35.5. The van der Waals surface area contributed by atoms with Gasteiger partial charge in [0.2, 0.25) is 0 Å². The maximum Gasteiger partial charge on any atom is 0.0931 e. The van der Waals surface area contributed by atoms with Crippen molar-refractivity contribution in [3.8, 4) is 0 Å². The highest BCUT2D eigenvalue weighted by Crippen LogP contribution is 2.26. The maximum atomic E-state index is 5.95.